The number of hydrogen-bond acceptors (Lipinski definition) is 3. The lowest BCUT2D eigenvalue weighted by atomic mass is 9.92. The molecule has 0 spiro atoms. The molecule has 112 valence electrons. The minimum Gasteiger partial charge on any atom is -0.478 e. The SMILES string of the molecule is O=C(O)c1cccc(C(=O)N2CCSC3CCCCC32)c1. The molecule has 2 aliphatic rings. The second-order valence-electron chi connectivity index (χ2n) is 5.65. The molecule has 1 aromatic rings. The quantitative estimate of drug-likeness (QED) is 0.913. The minimum absolute atomic E-state index is 0.0182. The lowest BCUT2D eigenvalue weighted by Crippen LogP contribution is -2.51. The predicted molar refractivity (Wildman–Crippen MR) is 82.9 cm³/mol. The van der Waals surface area contributed by atoms with Crippen LogP contribution < -0.4 is 0 Å². The zero-order valence-electron chi connectivity index (χ0n) is 11.8. The third-order valence-electron chi connectivity index (χ3n) is 4.35. The Balaban J connectivity index is 1.83. The number of carbonyl (C=O) groups is 2. The Kier molecular flexibility index (Phi) is 4.19. The molecule has 1 saturated heterocycles. The normalized spacial score (nSPS) is 25.2. The van der Waals surface area contributed by atoms with Crippen LogP contribution in [0.5, 0.6) is 0 Å². The van der Waals surface area contributed by atoms with Crippen molar-refractivity contribution in [1.29, 1.82) is 0 Å². The number of carbonyl (C=O) groups excluding carboxylic acids is 1. The molecular formula is C16H19NO3S. The van der Waals surface area contributed by atoms with E-state index >= 15 is 0 Å². The molecule has 1 N–H and O–H groups in total. The number of amides is 1. The summed E-state index contributed by atoms with van der Waals surface area (Å²) >= 11 is 1.98. The van der Waals surface area contributed by atoms with Crippen molar-refractivity contribution < 1.29 is 14.7 Å². The molecule has 0 aromatic heterocycles. The Hall–Kier alpha value is -1.49. The lowest BCUT2D eigenvalue weighted by Gasteiger charge is -2.43. The van der Waals surface area contributed by atoms with Crippen molar-refractivity contribution in [3.63, 3.8) is 0 Å². The summed E-state index contributed by atoms with van der Waals surface area (Å²) in [6.45, 7) is 0.766. The highest BCUT2D eigenvalue weighted by atomic mass is 32.2. The van der Waals surface area contributed by atoms with E-state index in [1.807, 2.05) is 16.7 Å². The van der Waals surface area contributed by atoms with Gasteiger partial charge in [-0.25, -0.2) is 4.79 Å². The van der Waals surface area contributed by atoms with Crippen LogP contribution in [0.4, 0.5) is 0 Å². The fourth-order valence-corrected chi connectivity index (χ4v) is 4.74. The molecule has 1 heterocycles. The number of benzene rings is 1. The Bertz CT molecular complexity index is 558. The average molecular weight is 305 g/mol. The number of nitrogens with zero attached hydrogens (tertiary/aromatic N) is 1. The third kappa shape index (κ3) is 2.93. The Labute approximate surface area is 128 Å². The van der Waals surface area contributed by atoms with Gasteiger partial charge in [0.2, 0.25) is 0 Å². The topological polar surface area (TPSA) is 57.6 Å². The molecular weight excluding hydrogens is 286 g/mol. The Morgan fingerprint density at radius 2 is 1.95 bits per heavy atom. The maximum atomic E-state index is 12.8. The van der Waals surface area contributed by atoms with Gasteiger partial charge in [0, 0.05) is 29.2 Å². The molecule has 1 aliphatic carbocycles. The van der Waals surface area contributed by atoms with Gasteiger partial charge in [-0.05, 0) is 31.0 Å². The maximum absolute atomic E-state index is 12.8. The molecule has 5 heteroatoms. The van der Waals surface area contributed by atoms with Crippen molar-refractivity contribution in [2.45, 2.75) is 37.0 Å². The van der Waals surface area contributed by atoms with E-state index in [0.717, 1.165) is 18.7 Å². The van der Waals surface area contributed by atoms with Gasteiger partial charge >= 0.3 is 5.97 Å². The number of hydrogen-bond donors (Lipinski definition) is 1. The second kappa shape index (κ2) is 6.10. The summed E-state index contributed by atoms with van der Waals surface area (Å²) in [5.74, 6) is -0.0318. The molecule has 2 fully saturated rings. The molecule has 1 aromatic carbocycles. The largest absolute Gasteiger partial charge is 0.478 e. The van der Waals surface area contributed by atoms with Crippen LogP contribution in [-0.4, -0.2) is 45.5 Å². The summed E-state index contributed by atoms with van der Waals surface area (Å²) < 4.78 is 0. The van der Waals surface area contributed by atoms with Crippen molar-refractivity contribution >= 4 is 23.6 Å². The molecule has 0 bridgehead atoms. The first-order chi connectivity index (χ1) is 10.2. The summed E-state index contributed by atoms with van der Waals surface area (Å²) in [7, 11) is 0. The number of aromatic carboxylic acids is 1. The van der Waals surface area contributed by atoms with Gasteiger partial charge in [-0.3, -0.25) is 4.79 Å². The number of carboxylic acids is 1. The maximum Gasteiger partial charge on any atom is 0.335 e. The zero-order chi connectivity index (χ0) is 14.8. The van der Waals surface area contributed by atoms with Crippen LogP contribution in [-0.2, 0) is 0 Å². The second-order valence-corrected chi connectivity index (χ2v) is 6.99. The van der Waals surface area contributed by atoms with Gasteiger partial charge in [-0.15, -0.1) is 0 Å². The number of carboxylic acid groups (broad SMARTS) is 1. The van der Waals surface area contributed by atoms with Crippen LogP contribution in [0.3, 0.4) is 0 Å². The van der Waals surface area contributed by atoms with Gasteiger partial charge in [0.05, 0.1) is 5.56 Å². The standard InChI is InChI=1S/C16H19NO3S/c18-15(11-4-3-5-12(10-11)16(19)20)17-8-9-21-14-7-2-1-6-13(14)17/h3-5,10,13-14H,1-2,6-9H2,(H,19,20). The van der Waals surface area contributed by atoms with Gasteiger partial charge in [-0.1, -0.05) is 18.9 Å². The zero-order valence-corrected chi connectivity index (χ0v) is 12.6. The molecule has 1 saturated carbocycles. The molecule has 0 radical (unpaired) electrons. The summed E-state index contributed by atoms with van der Waals surface area (Å²) in [5.41, 5.74) is 0.665. The molecule has 2 atom stereocenters. The highest BCUT2D eigenvalue weighted by Gasteiger charge is 2.36. The van der Waals surface area contributed by atoms with Gasteiger partial charge in [0.25, 0.3) is 5.91 Å². The number of fused-ring (bicyclic) bond motifs is 1. The lowest BCUT2D eigenvalue weighted by molar-refractivity contribution is 0.0646. The first-order valence-electron chi connectivity index (χ1n) is 7.43. The van der Waals surface area contributed by atoms with Crippen molar-refractivity contribution in [3.8, 4) is 0 Å². The van der Waals surface area contributed by atoms with Crippen molar-refractivity contribution in [3.05, 3.63) is 35.4 Å². The first kappa shape index (κ1) is 14.4. The van der Waals surface area contributed by atoms with E-state index in [-0.39, 0.29) is 11.5 Å². The average Bonchev–Trinajstić information content (AvgIpc) is 2.53. The number of rotatable bonds is 2. The van der Waals surface area contributed by atoms with Gasteiger partial charge in [0.1, 0.15) is 0 Å². The summed E-state index contributed by atoms with van der Waals surface area (Å²) in [6.07, 6.45) is 4.70. The highest BCUT2D eigenvalue weighted by molar-refractivity contribution is 8.00. The van der Waals surface area contributed by atoms with E-state index in [2.05, 4.69) is 0 Å². The van der Waals surface area contributed by atoms with Gasteiger partial charge in [-0.2, -0.15) is 11.8 Å². The molecule has 3 rings (SSSR count). The number of thioether (sulfide) groups is 1. The van der Waals surface area contributed by atoms with E-state index in [0.29, 0.717) is 16.9 Å². The van der Waals surface area contributed by atoms with Crippen LogP contribution in [0.2, 0.25) is 0 Å². The molecule has 4 nitrogen and oxygen atoms in total. The van der Waals surface area contributed by atoms with Crippen LogP contribution in [0.1, 0.15) is 46.4 Å². The summed E-state index contributed by atoms with van der Waals surface area (Å²) in [4.78, 5) is 25.8. The van der Waals surface area contributed by atoms with Crippen LogP contribution in [0, 0.1) is 0 Å². The summed E-state index contributed by atoms with van der Waals surface area (Å²) in [6, 6.07) is 6.69. The van der Waals surface area contributed by atoms with Crippen molar-refractivity contribution in [2.24, 2.45) is 0 Å². The van der Waals surface area contributed by atoms with Gasteiger partial charge < -0.3 is 10.0 Å². The smallest absolute Gasteiger partial charge is 0.335 e. The first-order valence-corrected chi connectivity index (χ1v) is 8.47. The summed E-state index contributed by atoms with van der Waals surface area (Å²) in [5, 5.41) is 9.62. The van der Waals surface area contributed by atoms with Crippen molar-refractivity contribution in [2.75, 3.05) is 12.3 Å². The monoisotopic (exact) mass is 305 g/mol. The fourth-order valence-electron chi connectivity index (χ4n) is 3.30. The molecule has 21 heavy (non-hydrogen) atoms. The van der Waals surface area contributed by atoms with E-state index in [4.69, 9.17) is 5.11 Å². The van der Waals surface area contributed by atoms with E-state index < -0.39 is 5.97 Å². The van der Waals surface area contributed by atoms with Gasteiger partial charge in [0.15, 0.2) is 0 Å². The Morgan fingerprint density at radius 3 is 2.76 bits per heavy atom. The minimum atomic E-state index is -0.991. The fraction of sp³-hybridized carbons (Fsp3) is 0.500. The predicted octanol–water partition coefficient (Wildman–Crippen LogP) is 2.89. The van der Waals surface area contributed by atoms with E-state index in [1.165, 1.54) is 31.4 Å². The van der Waals surface area contributed by atoms with Crippen molar-refractivity contribution in [1.82, 2.24) is 4.90 Å². The molecule has 1 amide bonds. The van der Waals surface area contributed by atoms with Crippen LogP contribution in [0.15, 0.2) is 24.3 Å². The van der Waals surface area contributed by atoms with Crippen LogP contribution in [0.25, 0.3) is 0 Å². The third-order valence-corrected chi connectivity index (χ3v) is 5.75. The Morgan fingerprint density at radius 1 is 1.19 bits per heavy atom. The van der Waals surface area contributed by atoms with Crippen LogP contribution >= 0.6 is 11.8 Å². The molecule has 2 unspecified atom stereocenters. The molecule has 1 aliphatic heterocycles. The van der Waals surface area contributed by atoms with E-state index in [9.17, 15) is 9.59 Å². The van der Waals surface area contributed by atoms with E-state index in [1.54, 1.807) is 12.1 Å². The highest BCUT2D eigenvalue weighted by Crippen LogP contribution is 2.36.